The van der Waals surface area contributed by atoms with Gasteiger partial charge in [0, 0.05) is 36.9 Å². The number of nitrogens with zero attached hydrogens (tertiary/aromatic N) is 1. The molecule has 1 heterocycles. The molecule has 4 amide bonds. The van der Waals surface area contributed by atoms with Gasteiger partial charge in [0.1, 0.15) is 18.1 Å². The molecular formula is C19H29N7O8S. The number of imidazole rings is 1. The second-order valence-corrected chi connectivity index (χ2v) is 7.89. The maximum atomic E-state index is 12.7. The van der Waals surface area contributed by atoms with E-state index in [1.807, 2.05) is 0 Å². The van der Waals surface area contributed by atoms with Crippen LogP contribution in [0.25, 0.3) is 0 Å². The van der Waals surface area contributed by atoms with Gasteiger partial charge in [-0.15, -0.1) is 0 Å². The number of thiol groups is 1. The summed E-state index contributed by atoms with van der Waals surface area (Å²) in [7, 11) is 0. The summed E-state index contributed by atoms with van der Waals surface area (Å²) in [5, 5.41) is 25.1. The minimum atomic E-state index is -1.50. The van der Waals surface area contributed by atoms with Gasteiger partial charge in [-0.2, -0.15) is 12.6 Å². The van der Waals surface area contributed by atoms with E-state index in [1.54, 1.807) is 0 Å². The Balaban J connectivity index is 2.85. The van der Waals surface area contributed by atoms with Gasteiger partial charge in [0.25, 0.3) is 0 Å². The summed E-state index contributed by atoms with van der Waals surface area (Å²) < 4.78 is 0. The van der Waals surface area contributed by atoms with E-state index < -0.39 is 66.2 Å². The van der Waals surface area contributed by atoms with Crippen LogP contribution < -0.4 is 27.4 Å². The summed E-state index contributed by atoms with van der Waals surface area (Å²) in [5.41, 5.74) is 11.4. The largest absolute Gasteiger partial charge is 0.481 e. The number of carbonyl (C=O) groups is 6. The number of carbonyl (C=O) groups excluding carboxylic acids is 4. The zero-order valence-electron chi connectivity index (χ0n) is 18.6. The number of amides is 4. The van der Waals surface area contributed by atoms with Crippen molar-refractivity contribution in [3.05, 3.63) is 18.2 Å². The van der Waals surface area contributed by atoms with Crippen molar-refractivity contribution in [2.24, 2.45) is 11.5 Å². The van der Waals surface area contributed by atoms with Gasteiger partial charge in [0.05, 0.1) is 12.4 Å². The Bertz CT molecular complexity index is 911. The van der Waals surface area contributed by atoms with E-state index in [-0.39, 0.29) is 31.4 Å². The van der Waals surface area contributed by atoms with Gasteiger partial charge in [-0.05, 0) is 12.8 Å². The lowest BCUT2D eigenvalue weighted by Gasteiger charge is -2.24. The first kappa shape index (κ1) is 29.4. The average molecular weight is 516 g/mol. The molecule has 4 unspecified atom stereocenters. The molecule has 0 aliphatic heterocycles. The topological polar surface area (TPSA) is 260 Å². The fraction of sp³-hybridized carbons (Fsp3) is 0.526. The van der Waals surface area contributed by atoms with Gasteiger partial charge in [-0.25, -0.2) is 9.78 Å². The number of carboxylic acids is 2. The lowest BCUT2D eigenvalue weighted by Crippen LogP contribution is -2.57. The lowest BCUT2D eigenvalue weighted by atomic mass is 10.1. The Labute approximate surface area is 205 Å². The van der Waals surface area contributed by atoms with E-state index in [9.17, 15) is 33.9 Å². The van der Waals surface area contributed by atoms with Crippen LogP contribution in [-0.4, -0.2) is 85.7 Å². The third kappa shape index (κ3) is 10.9. The highest BCUT2D eigenvalue weighted by Gasteiger charge is 2.30. The van der Waals surface area contributed by atoms with Crippen LogP contribution in [0.5, 0.6) is 0 Å². The number of aliphatic carboxylic acids is 2. The van der Waals surface area contributed by atoms with Crippen LogP contribution in [0.15, 0.2) is 12.5 Å². The highest BCUT2D eigenvalue weighted by Crippen LogP contribution is 2.04. The molecule has 0 saturated heterocycles. The highest BCUT2D eigenvalue weighted by atomic mass is 32.1. The standard InChI is InChI=1S/C19H29N7O8S/c20-10(5-9-6-22-8-23-9)16(30)26-13(7-35)18(32)24-11(2-4-15(28)29)17(31)25-12(19(33)34)1-3-14(21)27/h6,8,10-13,35H,1-5,7,20H2,(H2,21,27)(H,22,23)(H,24,32)(H,25,31)(H,26,30)(H,28,29)(H,33,34). The maximum absolute atomic E-state index is 12.7. The second-order valence-electron chi connectivity index (χ2n) is 7.53. The molecular weight excluding hydrogens is 486 g/mol. The Kier molecular flexibility index (Phi) is 12.2. The molecule has 10 N–H and O–H groups in total. The van der Waals surface area contributed by atoms with E-state index in [4.69, 9.17) is 16.6 Å². The maximum Gasteiger partial charge on any atom is 0.326 e. The van der Waals surface area contributed by atoms with Gasteiger partial charge < -0.3 is 42.6 Å². The van der Waals surface area contributed by atoms with E-state index in [0.29, 0.717) is 5.69 Å². The Morgan fingerprint density at radius 3 is 2.03 bits per heavy atom. The number of aromatic nitrogens is 2. The monoisotopic (exact) mass is 515 g/mol. The molecule has 0 aromatic carbocycles. The summed E-state index contributed by atoms with van der Waals surface area (Å²) in [4.78, 5) is 77.6. The number of nitrogens with one attached hydrogen (secondary N) is 4. The summed E-state index contributed by atoms with van der Waals surface area (Å²) >= 11 is 4.03. The van der Waals surface area contributed by atoms with Crippen LogP contribution >= 0.6 is 12.6 Å². The van der Waals surface area contributed by atoms with Gasteiger partial charge >= 0.3 is 11.9 Å². The van der Waals surface area contributed by atoms with Gasteiger partial charge in [-0.1, -0.05) is 0 Å². The summed E-state index contributed by atoms with van der Waals surface area (Å²) in [6.45, 7) is 0. The van der Waals surface area contributed by atoms with Crippen molar-refractivity contribution < 1.29 is 39.0 Å². The van der Waals surface area contributed by atoms with Gasteiger partial charge in [-0.3, -0.25) is 24.0 Å². The third-order valence-electron chi connectivity index (χ3n) is 4.72. The number of primary amides is 1. The molecule has 0 bridgehead atoms. The van der Waals surface area contributed by atoms with E-state index >= 15 is 0 Å². The molecule has 0 radical (unpaired) electrons. The SMILES string of the molecule is NC(=O)CCC(NC(=O)C(CCC(=O)O)NC(=O)C(CS)NC(=O)C(N)Cc1cnc[nH]1)C(=O)O. The Hall–Kier alpha value is -3.66. The highest BCUT2D eigenvalue weighted by molar-refractivity contribution is 7.80. The van der Waals surface area contributed by atoms with Crippen LogP contribution in [0.4, 0.5) is 0 Å². The zero-order valence-corrected chi connectivity index (χ0v) is 19.5. The Morgan fingerprint density at radius 2 is 1.51 bits per heavy atom. The first-order valence-corrected chi connectivity index (χ1v) is 11.1. The normalized spacial score (nSPS) is 14.1. The molecule has 16 heteroatoms. The first-order valence-electron chi connectivity index (χ1n) is 10.4. The number of rotatable bonds is 16. The Morgan fingerprint density at radius 1 is 0.943 bits per heavy atom. The molecule has 1 aromatic heterocycles. The van der Waals surface area contributed by atoms with Crippen molar-refractivity contribution in [2.45, 2.75) is 56.3 Å². The zero-order chi connectivity index (χ0) is 26.5. The molecule has 1 aromatic rings. The van der Waals surface area contributed by atoms with Crippen molar-refractivity contribution in [2.75, 3.05) is 5.75 Å². The minimum absolute atomic E-state index is 0.109. The van der Waals surface area contributed by atoms with Crippen LogP contribution in [-0.2, 0) is 35.2 Å². The summed E-state index contributed by atoms with van der Waals surface area (Å²) in [5.74, 6) is -6.21. The molecule has 35 heavy (non-hydrogen) atoms. The molecule has 0 aliphatic carbocycles. The predicted octanol–water partition coefficient (Wildman–Crippen LogP) is -3.12. The fourth-order valence-corrected chi connectivity index (χ4v) is 3.08. The molecule has 0 fully saturated rings. The van der Waals surface area contributed by atoms with Crippen molar-refractivity contribution in [1.82, 2.24) is 25.9 Å². The quantitative estimate of drug-likeness (QED) is 0.1000. The van der Waals surface area contributed by atoms with E-state index in [1.165, 1.54) is 12.5 Å². The van der Waals surface area contributed by atoms with Crippen molar-refractivity contribution in [3.8, 4) is 0 Å². The number of carboxylic acid groups (broad SMARTS) is 2. The van der Waals surface area contributed by atoms with Crippen LogP contribution in [0.2, 0.25) is 0 Å². The fourth-order valence-electron chi connectivity index (χ4n) is 2.82. The third-order valence-corrected chi connectivity index (χ3v) is 5.09. The molecule has 0 aliphatic rings. The van der Waals surface area contributed by atoms with Crippen molar-refractivity contribution in [3.63, 3.8) is 0 Å². The molecule has 4 atom stereocenters. The number of hydrogen-bond acceptors (Lipinski definition) is 9. The average Bonchev–Trinajstić information content (AvgIpc) is 3.29. The smallest absolute Gasteiger partial charge is 0.326 e. The minimum Gasteiger partial charge on any atom is -0.481 e. The molecule has 1 rings (SSSR count). The van der Waals surface area contributed by atoms with Gasteiger partial charge in [0.2, 0.25) is 23.6 Å². The predicted molar refractivity (Wildman–Crippen MR) is 123 cm³/mol. The van der Waals surface area contributed by atoms with E-state index in [0.717, 1.165) is 0 Å². The van der Waals surface area contributed by atoms with E-state index in [2.05, 4.69) is 38.5 Å². The van der Waals surface area contributed by atoms with Crippen molar-refractivity contribution in [1.29, 1.82) is 0 Å². The van der Waals surface area contributed by atoms with Crippen LogP contribution in [0.3, 0.4) is 0 Å². The van der Waals surface area contributed by atoms with Crippen LogP contribution in [0, 0.1) is 0 Å². The lowest BCUT2D eigenvalue weighted by molar-refractivity contribution is -0.143. The number of H-pyrrole nitrogens is 1. The molecule has 0 saturated carbocycles. The molecule has 194 valence electrons. The number of aromatic amines is 1. The number of hydrogen-bond donors (Lipinski definition) is 9. The number of nitrogens with two attached hydrogens (primary N) is 2. The van der Waals surface area contributed by atoms with Gasteiger partial charge in [0.15, 0.2) is 0 Å². The second kappa shape index (κ2) is 14.6. The van der Waals surface area contributed by atoms with Crippen LogP contribution in [0.1, 0.15) is 31.4 Å². The van der Waals surface area contributed by atoms with Crippen molar-refractivity contribution >= 4 is 48.2 Å². The molecule has 0 spiro atoms. The summed E-state index contributed by atoms with van der Waals surface area (Å²) in [6, 6.07) is -5.21. The summed E-state index contributed by atoms with van der Waals surface area (Å²) in [6.07, 6.45) is 1.48. The molecule has 15 nitrogen and oxygen atoms in total. The first-order chi connectivity index (χ1) is 16.4.